The molecule has 0 aliphatic heterocycles. The summed E-state index contributed by atoms with van der Waals surface area (Å²) in [4.78, 5) is 11.1. The average molecular weight is 278 g/mol. The molecule has 0 aromatic heterocycles. The van der Waals surface area contributed by atoms with Crippen molar-refractivity contribution in [2.75, 3.05) is 7.11 Å². The van der Waals surface area contributed by atoms with E-state index in [4.69, 9.17) is 16.9 Å². The van der Waals surface area contributed by atoms with Crippen molar-refractivity contribution in [2.24, 2.45) is 0 Å². The lowest BCUT2D eigenvalue weighted by Crippen LogP contribution is -2.14. The van der Waals surface area contributed by atoms with E-state index in [1.165, 1.54) is 0 Å². The number of benzene rings is 1. The zero-order chi connectivity index (χ0) is 13.9. The summed E-state index contributed by atoms with van der Waals surface area (Å²) < 4.78 is 42.5. The Kier molecular flexibility index (Phi) is 4.19. The molecule has 0 bridgehead atoms. The van der Waals surface area contributed by atoms with Crippen LogP contribution in [-0.4, -0.2) is 13.1 Å². The van der Waals surface area contributed by atoms with E-state index in [9.17, 15) is 18.0 Å². The van der Waals surface area contributed by atoms with Crippen molar-refractivity contribution in [1.29, 1.82) is 5.26 Å². The summed E-state index contributed by atoms with van der Waals surface area (Å²) in [6.07, 6.45) is -5.29. The van der Waals surface area contributed by atoms with Crippen LogP contribution in [0.4, 0.5) is 13.2 Å². The third-order valence-corrected chi connectivity index (χ3v) is 2.65. The van der Waals surface area contributed by atoms with Crippen molar-refractivity contribution in [3.63, 3.8) is 0 Å². The van der Waals surface area contributed by atoms with Gasteiger partial charge in [-0.2, -0.15) is 18.4 Å². The number of methoxy groups -OCH3 is 1. The van der Waals surface area contributed by atoms with Gasteiger partial charge in [0.1, 0.15) is 6.07 Å². The van der Waals surface area contributed by atoms with Gasteiger partial charge in [-0.05, 0) is 17.7 Å². The topological polar surface area (TPSA) is 50.1 Å². The lowest BCUT2D eigenvalue weighted by molar-refractivity contribution is -0.141. The zero-order valence-electron chi connectivity index (χ0n) is 9.14. The van der Waals surface area contributed by atoms with Crippen molar-refractivity contribution in [3.05, 3.63) is 33.8 Å². The van der Waals surface area contributed by atoms with E-state index in [2.05, 4.69) is 4.74 Å². The van der Waals surface area contributed by atoms with Crippen LogP contribution in [0.5, 0.6) is 0 Å². The number of nitriles is 1. The Morgan fingerprint density at radius 3 is 2.56 bits per heavy atom. The highest BCUT2D eigenvalue weighted by Gasteiger charge is 2.35. The largest absolute Gasteiger partial charge is 0.469 e. The Morgan fingerprint density at radius 1 is 1.50 bits per heavy atom. The van der Waals surface area contributed by atoms with Crippen molar-refractivity contribution < 1.29 is 22.7 Å². The first-order valence-electron chi connectivity index (χ1n) is 4.66. The first-order chi connectivity index (χ1) is 8.31. The van der Waals surface area contributed by atoms with Crippen LogP contribution >= 0.6 is 11.6 Å². The smallest absolute Gasteiger partial charge is 0.416 e. The number of carbonyl (C=O) groups is 1. The standard InChI is InChI=1S/C11H7ClF3NO2/c1-18-9(17)4-7-8(11(13,14)15)3-2-6(5-16)10(7)12/h2-3H,4H2,1H3. The van der Waals surface area contributed by atoms with Gasteiger partial charge in [-0.25, -0.2) is 0 Å². The number of nitrogens with zero attached hydrogens (tertiary/aromatic N) is 1. The predicted octanol–water partition coefficient (Wildman–Crippen LogP) is 2.95. The van der Waals surface area contributed by atoms with Crippen LogP contribution < -0.4 is 0 Å². The third kappa shape index (κ3) is 2.93. The van der Waals surface area contributed by atoms with Crippen molar-refractivity contribution >= 4 is 17.6 Å². The van der Waals surface area contributed by atoms with Crippen LogP contribution in [-0.2, 0) is 22.1 Å². The van der Waals surface area contributed by atoms with Crippen molar-refractivity contribution in [1.82, 2.24) is 0 Å². The molecule has 0 fully saturated rings. The van der Waals surface area contributed by atoms with E-state index in [0.29, 0.717) is 0 Å². The Bertz CT molecular complexity index is 520. The molecule has 3 nitrogen and oxygen atoms in total. The van der Waals surface area contributed by atoms with E-state index in [-0.39, 0.29) is 10.6 Å². The minimum absolute atomic E-state index is 0.122. The van der Waals surface area contributed by atoms with Gasteiger partial charge in [0.25, 0.3) is 0 Å². The molecular weight excluding hydrogens is 271 g/mol. The minimum atomic E-state index is -4.65. The van der Waals surface area contributed by atoms with Gasteiger partial charge in [0.2, 0.25) is 0 Å². The second-order valence-corrected chi connectivity index (χ2v) is 3.69. The molecule has 0 aliphatic rings. The Balaban J connectivity index is 3.41. The van der Waals surface area contributed by atoms with E-state index in [1.54, 1.807) is 6.07 Å². The van der Waals surface area contributed by atoms with E-state index in [1.807, 2.05) is 0 Å². The number of alkyl halides is 3. The predicted molar refractivity (Wildman–Crippen MR) is 56.9 cm³/mol. The molecule has 7 heteroatoms. The zero-order valence-corrected chi connectivity index (χ0v) is 9.89. The molecule has 1 aromatic rings. The Hall–Kier alpha value is -1.74. The van der Waals surface area contributed by atoms with Crippen LogP contribution in [0.3, 0.4) is 0 Å². The number of hydrogen-bond donors (Lipinski definition) is 0. The molecule has 1 rings (SSSR count). The van der Waals surface area contributed by atoms with Crippen LogP contribution in [0.1, 0.15) is 16.7 Å². The fourth-order valence-electron chi connectivity index (χ4n) is 1.36. The summed E-state index contributed by atoms with van der Waals surface area (Å²) in [5.74, 6) is -0.863. The highest BCUT2D eigenvalue weighted by Crippen LogP contribution is 2.36. The number of esters is 1. The molecular formula is C11H7ClF3NO2. The highest BCUT2D eigenvalue weighted by molar-refractivity contribution is 6.32. The lowest BCUT2D eigenvalue weighted by Gasteiger charge is -2.14. The first kappa shape index (κ1) is 14.3. The fraction of sp³-hybridized carbons (Fsp3) is 0.273. The fourth-order valence-corrected chi connectivity index (χ4v) is 1.64. The molecule has 0 amide bonds. The van der Waals surface area contributed by atoms with Crippen LogP contribution in [0.15, 0.2) is 12.1 Å². The molecule has 0 saturated heterocycles. The van der Waals surface area contributed by atoms with Gasteiger partial charge >= 0.3 is 12.1 Å². The van der Waals surface area contributed by atoms with Crippen LogP contribution in [0.2, 0.25) is 5.02 Å². The van der Waals surface area contributed by atoms with Crippen LogP contribution in [0, 0.1) is 11.3 Å². The maximum atomic E-state index is 12.7. The molecule has 0 saturated carbocycles. The van der Waals surface area contributed by atoms with Gasteiger partial charge in [-0.1, -0.05) is 11.6 Å². The molecule has 0 N–H and O–H groups in total. The summed E-state index contributed by atoms with van der Waals surface area (Å²) >= 11 is 5.69. The number of ether oxygens (including phenoxy) is 1. The first-order valence-corrected chi connectivity index (χ1v) is 5.04. The maximum absolute atomic E-state index is 12.7. The number of rotatable bonds is 2. The Morgan fingerprint density at radius 2 is 2.11 bits per heavy atom. The number of halogens is 4. The van der Waals surface area contributed by atoms with E-state index >= 15 is 0 Å². The van der Waals surface area contributed by atoms with Gasteiger partial charge in [0, 0.05) is 0 Å². The second-order valence-electron chi connectivity index (χ2n) is 3.32. The van der Waals surface area contributed by atoms with Gasteiger partial charge in [-0.3, -0.25) is 4.79 Å². The van der Waals surface area contributed by atoms with Gasteiger partial charge in [0.05, 0.1) is 29.7 Å². The molecule has 1 aromatic carbocycles. The van der Waals surface area contributed by atoms with Crippen LogP contribution in [0.25, 0.3) is 0 Å². The second kappa shape index (κ2) is 5.27. The molecule has 0 atom stereocenters. The van der Waals surface area contributed by atoms with E-state index < -0.39 is 29.7 Å². The minimum Gasteiger partial charge on any atom is -0.469 e. The Labute approximate surface area is 106 Å². The molecule has 0 spiro atoms. The van der Waals surface area contributed by atoms with Crippen molar-refractivity contribution in [3.8, 4) is 6.07 Å². The molecule has 0 aliphatic carbocycles. The summed E-state index contributed by atoms with van der Waals surface area (Å²) in [7, 11) is 1.05. The highest BCUT2D eigenvalue weighted by atomic mass is 35.5. The summed E-state index contributed by atoms with van der Waals surface area (Å²) in [6, 6.07) is 3.34. The summed E-state index contributed by atoms with van der Waals surface area (Å²) in [5, 5.41) is 8.32. The normalized spacial score (nSPS) is 10.9. The van der Waals surface area contributed by atoms with Crippen molar-refractivity contribution in [2.45, 2.75) is 12.6 Å². The lowest BCUT2D eigenvalue weighted by atomic mass is 10.0. The molecule has 0 radical (unpaired) electrons. The molecule has 0 unspecified atom stereocenters. The molecule has 18 heavy (non-hydrogen) atoms. The van der Waals surface area contributed by atoms with Gasteiger partial charge in [0.15, 0.2) is 0 Å². The summed E-state index contributed by atoms with van der Waals surface area (Å²) in [6.45, 7) is 0. The number of carbonyl (C=O) groups excluding carboxylic acids is 1. The monoisotopic (exact) mass is 277 g/mol. The average Bonchev–Trinajstić information content (AvgIpc) is 2.29. The molecule has 0 heterocycles. The molecule has 96 valence electrons. The maximum Gasteiger partial charge on any atom is 0.416 e. The SMILES string of the molecule is COC(=O)Cc1c(C(F)(F)F)ccc(C#N)c1Cl. The summed E-state index contributed by atoms with van der Waals surface area (Å²) in [5.41, 5.74) is -1.62. The third-order valence-electron chi connectivity index (χ3n) is 2.22. The van der Waals surface area contributed by atoms with Gasteiger partial charge < -0.3 is 4.74 Å². The quantitative estimate of drug-likeness (QED) is 0.781. The van der Waals surface area contributed by atoms with E-state index in [0.717, 1.165) is 19.2 Å². The van der Waals surface area contributed by atoms with Gasteiger partial charge in [-0.15, -0.1) is 0 Å². The number of hydrogen-bond acceptors (Lipinski definition) is 3.